The predicted molar refractivity (Wildman–Crippen MR) is 59.0 cm³/mol. The zero-order chi connectivity index (χ0) is 11.4. The van der Waals surface area contributed by atoms with Crippen molar-refractivity contribution in [3.05, 3.63) is 12.2 Å². The highest BCUT2D eigenvalue weighted by molar-refractivity contribution is 5.86. The molecule has 0 aliphatic carbocycles. The Labute approximate surface area is 87.3 Å². The average Bonchev–Trinajstić information content (AvgIpc) is 2.03. The first kappa shape index (κ1) is 13.2. The summed E-state index contributed by atoms with van der Waals surface area (Å²) in [5.41, 5.74) is 0.683. The van der Waals surface area contributed by atoms with Crippen LogP contribution in [-0.4, -0.2) is 12.6 Å². The van der Waals surface area contributed by atoms with Gasteiger partial charge in [0.25, 0.3) is 0 Å². The molecule has 0 amide bonds. The van der Waals surface area contributed by atoms with Crippen LogP contribution in [0, 0.1) is 11.3 Å². The molecule has 0 fully saturated rings. The van der Waals surface area contributed by atoms with Gasteiger partial charge >= 0.3 is 5.97 Å². The lowest BCUT2D eigenvalue weighted by atomic mass is 9.79. The van der Waals surface area contributed by atoms with Crippen LogP contribution in [-0.2, 0) is 9.53 Å². The molecule has 0 aliphatic rings. The fraction of sp³-hybridized carbons (Fsp3) is 0.750. The van der Waals surface area contributed by atoms with Gasteiger partial charge in [-0.15, -0.1) is 0 Å². The maximum atomic E-state index is 11.1. The van der Waals surface area contributed by atoms with Gasteiger partial charge in [-0.3, -0.25) is 0 Å². The second-order valence-electron chi connectivity index (χ2n) is 4.81. The molecular formula is C12H22O2. The summed E-state index contributed by atoms with van der Waals surface area (Å²) in [4.78, 5) is 11.1. The van der Waals surface area contributed by atoms with Gasteiger partial charge in [0.2, 0.25) is 0 Å². The molecule has 0 N–H and O–H groups in total. The number of ether oxygens (including phenoxy) is 1. The van der Waals surface area contributed by atoms with Crippen LogP contribution >= 0.6 is 0 Å². The third-order valence-corrected chi connectivity index (χ3v) is 2.89. The van der Waals surface area contributed by atoms with Crippen LogP contribution < -0.4 is 0 Å². The van der Waals surface area contributed by atoms with Crippen LogP contribution in [0.2, 0.25) is 0 Å². The van der Waals surface area contributed by atoms with Crippen molar-refractivity contribution < 1.29 is 9.53 Å². The lowest BCUT2D eigenvalue weighted by Crippen LogP contribution is -2.22. The first-order valence-corrected chi connectivity index (χ1v) is 5.10. The Morgan fingerprint density at radius 1 is 1.43 bits per heavy atom. The fourth-order valence-electron chi connectivity index (χ4n) is 0.819. The molecule has 0 saturated carbocycles. The molecule has 0 saturated heterocycles. The highest BCUT2D eigenvalue weighted by atomic mass is 16.5. The maximum absolute atomic E-state index is 11.1. The zero-order valence-electron chi connectivity index (χ0n) is 10.0. The van der Waals surface area contributed by atoms with Crippen molar-refractivity contribution in [2.75, 3.05) is 6.61 Å². The lowest BCUT2D eigenvalue weighted by molar-refractivity contribution is -0.139. The van der Waals surface area contributed by atoms with E-state index < -0.39 is 0 Å². The molecule has 0 radical (unpaired) electrons. The van der Waals surface area contributed by atoms with Crippen molar-refractivity contribution in [3.8, 4) is 0 Å². The van der Waals surface area contributed by atoms with Crippen LogP contribution in [0.1, 0.15) is 41.0 Å². The van der Waals surface area contributed by atoms with Crippen LogP contribution in [0.15, 0.2) is 12.2 Å². The molecule has 0 rings (SSSR count). The molecule has 0 aromatic rings. The number of esters is 1. The van der Waals surface area contributed by atoms with Gasteiger partial charge in [0, 0.05) is 5.57 Å². The van der Waals surface area contributed by atoms with Crippen molar-refractivity contribution in [1.82, 2.24) is 0 Å². The molecule has 0 unspecified atom stereocenters. The summed E-state index contributed by atoms with van der Waals surface area (Å²) in [5.74, 6) is 0.301. The molecule has 14 heavy (non-hydrogen) atoms. The highest BCUT2D eigenvalue weighted by Gasteiger charge is 2.22. The second-order valence-corrected chi connectivity index (χ2v) is 4.81. The lowest BCUT2D eigenvalue weighted by Gasteiger charge is -2.28. The van der Waals surface area contributed by atoms with E-state index in [0.717, 1.165) is 6.42 Å². The van der Waals surface area contributed by atoms with Gasteiger partial charge in [0.15, 0.2) is 0 Å². The zero-order valence-corrected chi connectivity index (χ0v) is 10.0. The molecular weight excluding hydrogens is 176 g/mol. The third-order valence-electron chi connectivity index (χ3n) is 2.89. The van der Waals surface area contributed by atoms with E-state index in [1.807, 2.05) is 0 Å². The molecule has 82 valence electrons. The minimum absolute atomic E-state index is 0.218. The highest BCUT2D eigenvalue weighted by Crippen LogP contribution is 2.29. The molecule has 0 spiro atoms. The van der Waals surface area contributed by atoms with Crippen molar-refractivity contribution in [3.63, 3.8) is 0 Å². The van der Waals surface area contributed by atoms with E-state index in [9.17, 15) is 4.79 Å². The Morgan fingerprint density at radius 2 is 1.93 bits per heavy atom. The summed E-state index contributed by atoms with van der Waals surface area (Å²) in [6.07, 6.45) is 0.893. The normalized spacial score (nSPS) is 11.6. The number of rotatable bonds is 5. The minimum Gasteiger partial charge on any atom is -0.462 e. The van der Waals surface area contributed by atoms with Crippen molar-refractivity contribution in [1.29, 1.82) is 0 Å². The van der Waals surface area contributed by atoms with Gasteiger partial charge in [-0.1, -0.05) is 34.3 Å². The van der Waals surface area contributed by atoms with Gasteiger partial charge in [0.05, 0.1) is 6.61 Å². The number of carbonyl (C=O) groups excluding carboxylic acids is 1. The maximum Gasteiger partial charge on any atom is 0.333 e. The summed E-state index contributed by atoms with van der Waals surface area (Å²) >= 11 is 0. The summed E-state index contributed by atoms with van der Waals surface area (Å²) in [7, 11) is 0. The Bertz CT molecular complexity index is 214. The molecule has 0 aliphatic heterocycles. The minimum atomic E-state index is -0.287. The summed E-state index contributed by atoms with van der Waals surface area (Å²) in [5, 5.41) is 0. The van der Waals surface area contributed by atoms with E-state index in [-0.39, 0.29) is 11.4 Å². The molecule has 0 heterocycles. The second kappa shape index (κ2) is 5.18. The predicted octanol–water partition coefficient (Wildman–Crippen LogP) is 3.18. The van der Waals surface area contributed by atoms with Crippen LogP contribution in [0.5, 0.6) is 0 Å². The first-order valence-electron chi connectivity index (χ1n) is 5.10. The largest absolute Gasteiger partial charge is 0.462 e. The van der Waals surface area contributed by atoms with Crippen LogP contribution in [0.25, 0.3) is 0 Å². The van der Waals surface area contributed by atoms with Crippen molar-refractivity contribution >= 4 is 5.97 Å². The molecule has 2 heteroatoms. The Balaban J connectivity index is 3.85. The Kier molecular flexibility index (Phi) is 4.89. The third kappa shape index (κ3) is 4.45. The topological polar surface area (TPSA) is 26.3 Å². The average molecular weight is 198 g/mol. The Morgan fingerprint density at radius 3 is 2.29 bits per heavy atom. The Hall–Kier alpha value is -0.790. The van der Waals surface area contributed by atoms with E-state index in [1.165, 1.54) is 0 Å². The van der Waals surface area contributed by atoms with E-state index in [4.69, 9.17) is 4.74 Å². The number of hydrogen-bond acceptors (Lipinski definition) is 2. The van der Waals surface area contributed by atoms with Gasteiger partial charge in [-0.05, 0) is 24.7 Å². The van der Waals surface area contributed by atoms with Crippen LogP contribution in [0.3, 0.4) is 0 Å². The van der Waals surface area contributed by atoms with E-state index in [2.05, 4.69) is 34.3 Å². The molecule has 2 nitrogen and oxygen atoms in total. The molecule has 0 aromatic carbocycles. The number of hydrogen-bond donors (Lipinski definition) is 0. The van der Waals surface area contributed by atoms with Crippen LogP contribution in [0.4, 0.5) is 0 Å². The van der Waals surface area contributed by atoms with Crippen molar-refractivity contribution in [2.24, 2.45) is 11.3 Å². The molecule has 0 atom stereocenters. The molecule has 0 aromatic heterocycles. The van der Waals surface area contributed by atoms with Gasteiger partial charge in [0.1, 0.15) is 0 Å². The van der Waals surface area contributed by atoms with Gasteiger partial charge < -0.3 is 4.74 Å². The number of carbonyl (C=O) groups is 1. The monoisotopic (exact) mass is 198 g/mol. The SMILES string of the molecule is C=C(C)C(=O)OCCC(C)(C)C(C)C. The standard InChI is InChI=1S/C12H22O2/c1-9(2)11(13)14-8-7-12(5,6)10(3)4/h10H,1,7-8H2,2-6H3. The van der Waals surface area contributed by atoms with E-state index in [0.29, 0.717) is 18.1 Å². The van der Waals surface area contributed by atoms with Crippen molar-refractivity contribution in [2.45, 2.75) is 41.0 Å². The van der Waals surface area contributed by atoms with E-state index >= 15 is 0 Å². The quantitative estimate of drug-likeness (QED) is 0.501. The first-order chi connectivity index (χ1) is 6.27. The summed E-state index contributed by atoms with van der Waals surface area (Å²) < 4.78 is 5.05. The van der Waals surface area contributed by atoms with E-state index in [1.54, 1.807) is 6.92 Å². The van der Waals surface area contributed by atoms with Gasteiger partial charge in [-0.2, -0.15) is 0 Å². The summed E-state index contributed by atoms with van der Waals surface area (Å²) in [6.45, 7) is 14.4. The van der Waals surface area contributed by atoms with Gasteiger partial charge in [-0.25, -0.2) is 4.79 Å². The smallest absolute Gasteiger partial charge is 0.333 e. The molecule has 0 bridgehead atoms. The summed E-state index contributed by atoms with van der Waals surface area (Å²) in [6, 6.07) is 0. The fourth-order valence-corrected chi connectivity index (χ4v) is 0.819.